The molecule has 9 heteroatoms. The van der Waals surface area contributed by atoms with E-state index in [1.54, 1.807) is 0 Å². The van der Waals surface area contributed by atoms with E-state index in [-0.39, 0.29) is 41.7 Å². The largest absolute Gasteiger partial charge is 0.480 e. The first-order chi connectivity index (χ1) is 12.8. The van der Waals surface area contributed by atoms with Crippen molar-refractivity contribution >= 4 is 29.2 Å². The van der Waals surface area contributed by atoms with Crippen LogP contribution in [0.2, 0.25) is 5.02 Å². The molecule has 2 aliphatic rings. The lowest BCUT2D eigenvalue weighted by molar-refractivity contribution is -0.384. The molecule has 2 aliphatic carbocycles. The van der Waals surface area contributed by atoms with Gasteiger partial charge in [0.05, 0.1) is 22.9 Å². The third-order valence-electron chi connectivity index (χ3n) is 5.12. The lowest BCUT2D eigenvalue weighted by Gasteiger charge is -2.42. The van der Waals surface area contributed by atoms with Crippen LogP contribution in [0.5, 0.6) is 0 Å². The molecule has 1 aromatic rings. The Morgan fingerprint density at radius 2 is 2.04 bits per heavy atom. The Hall–Kier alpha value is -2.19. The molecule has 3 rings (SSSR count). The van der Waals surface area contributed by atoms with E-state index in [2.05, 4.69) is 5.32 Å². The molecule has 2 N–H and O–H groups in total. The number of halogens is 1. The monoisotopic (exact) mass is 395 g/mol. The van der Waals surface area contributed by atoms with Crippen LogP contribution in [-0.2, 0) is 16.0 Å². The molecule has 0 aromatic heterocycles. The van der Waals surface area contributed by atoms with Crippen LogP contribution in [0.15, 0.2) is 18.2 Å². The van der Waals surface area contributed by atoms with Gasteiger partial charge in [-0.3, -0.25) is 24.6 Å². The zero-order valence-electron chi connectivity index (χ0n) is 14.8. The average molecular weight is 396 g/mol. The van der Waals surface area contributed by atoms with Gasteiger partial charge in [0, 0.05) is 30.8 Å². The van der Waals surface area contributed by atoms with Gasteiger partial charge >= 0.3 is 5.97 Å². The lowest BCUT2D eigenvalue weighted by Crippen LogP contribution is -2.55. The van der Waals surface area contributed by atoms with E-state index in [0.717, 1.165) is 19.4 Å². The zero-order chi connectivity index (χ0) is 19.6. The van der Waals surface area contributed by atoms with Crippen molar-refractivity contribution < 1.29 is 19.6 Å². The van der Waals surface area contributed by atoms with Gasteiger partial charge in [-0.25, -0.2) is 0 Å². The molecule has 0 aliphatic heterocycles. The van der Waals surface area contributed by atoms with Crippen LogP contribution in [0.3, 0.4) is 0 Å². The first-order valence-corrected chi connectivity index (χ1v) is 9.37. The second kappa shape index (κ2) is 8.22. The predicted octanol–water partition coefficient (Wildman–Crippen LogP) is 2.23. The van der Waals surface area contributed by atoms with Gasteiger partial charge in [-0.1, -0.05) is 17.7 Å². The van der Waals surface area contributed by atoms with E-state index in [1.807, 2.05) is 4.90 Å². The number of nitrogens with one attached hydrogen (secondary N) is 1. The van der Waals surface area contributed by atoms with E-state index in [1.165, 1.54) is 31.0 Å². The quantitative estimate of drug-likeness (QED) is 0.489. The molecule has 2 saturated carbocycles. The van der Waals surface area contributed by atoms with Gasteiger partial charge < -0.3 is 10.4 Å². The second-order valence-electron chi connectivity index (χ2n) is 7.37. The number of carboxylic acids is 1. The van der Waals surface area contributed by atoms with Crippen LogP contribution in [0.25, 0.3) is 0 Å². The number of nitrogens with zero attached hydrogens (tertiary/aromatic N) is 2. The Labute approximate surface area is 161 Å². The number of aliphatic carboxylic acids is 1. The van der Waals surface area contributed by atoms with E-state index in [9.17, 15) is 19.7 Å². The van der Waals surface area contributed by atoms with E-state index < -0.39 is 10.9 Å². The Bertz CT molecular complexity index is 747. The smallest absolute Gasteiger partial charge is 0.317 e. The molecule has 0 heterocycles. The fourth-order valence-corrected chi connectivity index (χ4v) is 3.64. The van der Waals surface area contributed by atoms with Gasteiger partial charge in [-0.2, -0.15) is 0 Å². The number of benzene rings is 1. The summed E-state index contributed by atoms with van der Waals surface area (Å²) in [5.74, 6) is -0.403. The molecule has 0 saturated heterocycles. The van der Waals surface area contributed by atoms with Crippen molar-refractivity contribution in [1.82, 2.24) is 10.2 Å². The molecule has 0 unspecified atom stereocenters. The summed E-state index contributed by atoms with van der Waals surface area (Å²) in [6.45, 7) is 0.857. The van der Waals surface area contributed by atoms with Crippen LogP contribution in [-0.4, -0.2) is 52.0 Å². The predicted molar refractivity (Wildman–Crippen MR) is 98.7 cm³/mol. The summed E-state index contributed by atoms with van der Waals surface area (Å²) in [6, 6.07) is 4.28. The summed E-state index contributed by atoms with van der Waals surface area (Å²) < 4.78 is 0. The fourth-order valence-electron chi connectivity index (χ4n) is 3.40. The normalized spacial score (nSPS) is 21.6. The highest BCUT2D eigenvalue weighted by Gasteiger charge is 2.37. The Morgan fingerprint density at radius 1 is 1.33 bits per heavy atom. The van der Waals surface area contributed by atoms with Gasteiger partial charge in [-0.05, 0) is 37.2 Å². The number of carbonyl (C=O) groups excluding carboxylic acids is 1. The topological polar surface area (TPSA) is 113 Å². The minimum absolute atomic E-state index is 0.0230. The number of hydrogen-bond acceptors (Lipinski definition) is 5. The van der Waals surface area contributed by atoms with E-state index in [4.69, 9.17) is 16.7 Å². The Morgan fingerprint density at radius 3 is 2.59 bits per heavy atom. The van der Waals surface area contributed by atoms with Crippen LogP contribution < -0.4 is 5.32 Å². The van der Waals surface area contributed by atoms with Crippen molar-refractivity contribution in [3.05, 3.63) is 38.9 Å². The molecule has 0 bridgehead atoms. The minimum atomic E-state index is -0.823. The third kappa shape index (κ3) is 5.40. The summed E-state index contributed by atoms with van der Waals surface area (Å²) in [5.41, 5.74) is 0.428. The molecule has 1 amide bonds. The second-order valence-corrected chi connectivity index (χ2v) is 7.77. The van der Waals surface area contributed by atoms with Crippen molar-refractivity contribution in [2.24, 2.45) is 5.92 Å². The number of amides is 1. The number of nitro groups is 1. The number of carbonyl (C=O) groups is 2. The molecule has 0 atom stereocenters. The van der Waals surface area contributed by atoms with Crippen molar-refractivity contribution in [2.45, 2.75) is 44.2 Å². The van der Waals surface area contributed by atoms with Gasteiger partial charge in [0.15, 0.2) is 0 Å². The highest BCUT2D eigenvalue weighted by molar-refractivity contribution is 6.31. The van der Waals surface area contributed by atoms with Crippen LogP contribution in [0.4, 0.5) is 5.69 Å². The number of non-ortho nitro benzene ring substituents is 1. The zero-order valence-corrected chi connectivity index (χ0v) is 15.5. The van der Waals surface area contributed by atoms with Gasteiger partial charge in [-0.15, -0.1) is 0 Å². The summed E-state index contributed by atoms with van der Waals surface area (Å²) in [5, 5.41) is 22.9. The molecule has 8 nitrogen and oxygen atoms in total. The standard InChI is InChI=1S/C18H22ClN3O5/c19-16-8-14(22(26)27)4-3-12(16)5-17(23)20-13-6-15(7-13)21(10-18(24)25)9-11-1-2-11/h3-4,8,11,13,15H,1-2,5-7,9-10H2,(H,20,23)(H,24,25). The molecule has 27 heavy (non-hydrogen) atoms. The average Bonchev–Trinajstić information content (AvgIpc) is 3.35. The highest BCUT2D eigenvalue weighted by atomic mass is 35.5. The first-order valence-electron chi connectivity index (χ1n) is 9.00. The number of nitro benzene ring substituents is 1. The van der Waals surface area contributed by atoms with Gasteiger partial charge in [0.25, 0.3) is 5.69 Å². The molecular weight excluding hydrogens is 374 g/mol. The Balaban J connectivity index is 1.47. The minimum Gasteiger partial charge on any atom is -0.480 e. The highest BCUT2D eigenvalue weighted by Crippen LogP contribution is 2.33. The Kier molecular flexibility index (Phi) is 5.96. The molecular formula is C18H22ClN3O5. The maximum atomic E-state index is 12.2. The number of carboxylic acid groups (broad SMARTS) is 1. The van der Waals surface area contributed by atoms with E-state index in [0.29, 0.717) is 11.5 Å². The third-order valence-corrected chi connectivity index (χ3v) is 5.47. The fraction of sp³-hybridized carbons (Fsp3) is 0.556. The van der Waals surface area contributed by atoms with Crippen LogP contribution in [0, 0.1) is 16.0 Å². The van der Waals surface area contributed by atoms with Crippen molar-refractivity contribution in [3.8, 4) is 0 Å². The van der Waals surface area contributed by atoms with Crippen molar-refractivity contribution in [2.75, 3.05) is 13.1 Å². The summed E-state index contributed by atoms with van der Waals surface area (Å²) >= 11 is 6.02. The maximum absolute atomic E-state index is 12.2. The van der Waals surface area contributed by atoms with Crippen molar-refractivity contribution in [1.29, 1.82) is 0 Å². The van der Waals surface area contributed by atoms with Gasteiger partial charge in [0.1, 0.15) is 0 Å². The molecule has 0 radical (unpaired) electrons. The number of rotatable bonds is 9. The summed E-state index contributed by atoms with van der Waals surface area (Å²) in [7, 11) is 0. The molecule has 2 fully saturated rings. The lowest BCUT2D eigenvalue weighted by atomic mass is 9.85. The van der Waals surface area contributed by atoms with Crippen LogP contribution in [0.1, 0.15) is 31.2 Å². The first kappa shape index (κ1) is 19.6. The number of hydrogen-bond donors (Lipinski definition) is 2. The van der Waals surface area contributed by atoms with E-state index >= 15 is 0 Å². The van der Waals surface area contributed by atoms with Crippen LogP contribution >= 0.6 is 11.6 Å². The molecule has 1 aromatic carbocycles. The molecule has 0 spiro atoms. The maximum Gasteiger partial charge on any atom is 0.317 e. The summed E-state index contributed by atoms with van der Waals surface area (Å²) in [6.07, 6.45) is 3.86. The summed E-state index contributed by atoms with van der Waals surface area (Å²) in [4.78, 5) is 35.5. The SMILES string of the molecule is O=C(O)CN(CC1CC1)C1CC(NC(=O)Cc2ccc([N+](=O)[O-])cc2Cl)C1. The van der Waals surface area contributed by atoms with Crippen molar-refractivity contribution in [3.63, 3.8) is 0 Å². The van der Waals surface area contributed by atoms with Gasteiger partial charge in [0.2, 0.25) is 5.91 Å². The molecule has 146 valence electrons.